The Hall–Kier alpha value is -3.91. The third kappa shape index (κ3) is 3.33. The highest BCUT2D eigenvalue weighted by Gasteiger charge is 2.31. The van der Waals surface area contributed by atoms with Crippen molar-refractivity contribution >= 4 is 12.2 Å². The summed E-state index contributed by atoms with van der Waals surface area (Å²) >= 11 is 0. The Labute approximate surface area is 170 Å². The molecule has 1 atom stereocenters. The number of hydrogen-bond acceptors (Lipinski definition) is 8. The quantitative estimate of drug-likeness (QED) is 0.558. The summed E-state index contributed by atoms with van der Waals surface area (Å²) in [7, 11) is 2.87. The second kappa shape index (κ2) is 7.49. The molecule has 0 fully saturated rings. The summed E-state index contributed by atoms with van der Waals surface area (Å²) < 4.78 is 21.5. The van der Waals surface area contributed by atoms with E-state index in [2.05, 4.69) is 0 Å². The van der Waals surface area contributed by atoms with Gasteiger partial charge in [0.05, 0.1) is 7.11 Å². The molecule has 8 heteroatoms. The highest BCUT2D eigenvalue weighted by Crippen LogP contribution is 2.45. The van der Waals surface area contributed by atoms with Crippen LogP contribution in [0, 0.1) is 0 Å². The number of ether oxygens (including phenoxy) is 3. The van der Waals surface area contributed by atoms with Crippen LogP contribution < -0.4 is 15.1 Å². The molecule has 4 rings (SSSR count). The Morgan fingerprint density at radius 3 is 2.47 bits per heavy atom. The van der Waals surface area contributed by atoms with Gasteiger partial charge < -0.3 is 33.9 Å². The van der Waals surface area contributed by atoms with Gasteiger partial charge in [-0.3, -0.25) is 0 Å². The van der Waals surface area contributed by atoms with Crippen LogP contribution >= 0.6 is 0 Å². The van der Waals surface area contributed by atoms with Gasteiger partial charge in [-0.2, -0.15) is 0 Å². The van der Waals surface area contributed by atoms with Crippen LogP contribution in [-0.2, 0) is 4.74 Å². The fourth-order valence-electron chi connectivity index (χ4n) is 3.24. The number of fused-ring (bicyclic) bond motifs is 3. The average Bonchev–Trinajstić information content (AvgIpc) is 2.73. The Morgan fingerprint density at radius 2 is 1.73 bits per heavy atom. The van der Waals surface area contributed by atoms with Gasteiger partial charge in [0.25, 0.3) is 0 Å². The van der Waals surface area contributed by atoms with E-state index in [9.17, 15) is 20.1 Å². The van der Waals surface area contributed by atoms with Crippen LogP contribution in [0.3, 0.4) is 0 Å². The van der Waals surface area contributed by atoms with Gasteiger partial charge in [0, 0.05) is 24.3 Å². The number of phenols is 3. The van der Waals surface area contributed by atoms with Gasteiger partial charge in [-0.25, -0.2) is 4.79 Å². The lowest BCUT2D eigenvalue weighted by Crippen LogP contribution is -2.20. The molecule has 0 aliphatic carbocycles. The SMILES string of the molecule is COc1cc(C=Cc2cc3c(c(=O)o2)-c2cc(O)c(O)cc2C(OC)O3)ccc1O. The lowest BCUT2D eigenvalue weighted by Gasteiger charge is -2.27. The van der Waals surface area contributed by atoms with Gasteiger partial charge in [-0.1, -0.05) is 12.1 Å². The van der Waals surface area contributed by atoms with E-state index in [4.69, 9.17) is 18.6 Å². The van der Waals surface area contributed by atoms with E-state index in [1.54, 1.807) is 24.3 Å². The van der Waals surface area contributed by atoms with Gasteiger partial charge in [0.2, 0.25) is 6.29 Å². The van der Waals surface area contributed by atoms with Crippen molar-refractivity contribution in [2.24, 2.45) is 0 Å². The summed E-state index contributed by atoms with van der Waals surface area (Å²) in [6.45, 7) is 0. The standard InChI is InChI=1S/C22H18O8/c1-27-18-7-11(4-6-15(18)23)3-5-12-8-19-20(21(26)29-12)13-9-16(24)17(25)10-14(13)22(28-2)30-19/h3-10,22-25H,1-2H3. The molecule has 2 heterocycles. The third-order valence-corrected chi connectivity index (χ3v) is 4.70. The molecule has 0 amide bonds. The average molecular weight is 410 g/mol. The largest absolute Gasteiger partial charge is 0.504 e. The van der Waals surface area contributed by atoms with Crippen LogP contribution in [0.15, 0.2) is 45.6 Å². The molecule has 0 spiro atoms. The molecule has 3 N–H and O–H groups in total. The van der Waals surface area contributed by atoms with Crippen molar-refractivity contribution in [2.75, 3.05) is 14.2 Å². The van der Waals surface area contributed by atoms with Crippen molar-refractivity contribution < 1.29 is 33.9 Å². The molecule has 3 aromatic rings. The molecule has 154 valence electrons. The molecule has 0 bridgehead atoms. The number of phenolic OH excluding ortho intramolecular Hbond substituents is 3. The lowest BCUT2D eigenvalue weighted by molar-refractivity contribution is -0.0583. The van der Waals surface area contributed by atoms with Gasteiger partial charge in [-0.05, 0) is 35.9 Å². The zero-order chi connectivity index (χ0) is 21.4. The maximum atomic E-state index is 12.7. The molecule has 1 unspecified atom stereocenters. The number of hydrogen-bond donors (Lipinski definition) is 3. The summed E-state index contributed by atoms with van der Waals surface area (Å²) in [5.41, 5.74) is 0.915. The molecule has 8 nitrogen and oxygen atoms in total. The normalized spacial score (nSPS) is 14.8. The Kier molecular flexibility index (Phi) is 4.85. The zero-order valence-electron chi connectivity index (χ0n) is 16.1. The van der Waals surface area contributed by atoms with Crippen LogP contribution in [0.25, 0.3) is 23.3 Å². The van der Waals surface area contributed by atoms with E-state index in [0.29, 0.717) is 22.4 Å². The number of rotatable bonds is 4. The minimum absolute atomic E-state index is 0.0157. The summed E-state index contributed by atoms with van der Waals surface area (Å²) in [6, 6.07) is 8.88. The third-order valence-electron chi connectivity index (χ3n) is 4.70. The molecule has 1 aromatic heterocycles. The fourth-order valence-corrected chi connectivity index (χ4v) is 3.24. The Morgan fingerprint density at radius 1 is 0.967 bits per heavy atom. The molecule has 0 radical (unpaired) electrons. The second-order valence-electron chi connectivity index (χ2n) is 6.55. The predicted molar refractivity (Wildman–Crippen MR) is 108 cm³/mol. The van der Waals surface area contributed by atoms with E-state index in [0.717, 1.165) is 0 Å². The number of benzene rings is 2. The summed E-state index contributed by atoms with van der Waals surface area (Å²) in [5.74, 6) is 0.0554. The van der Waals surface area contributed by atoms with Crippen LogP contribution in [-0.4, -0.2) is 29.5 Å². The van der Waals surface area contributed by atoms with Crippen LogP contribution in [0.2, 0.25) is 0 Å². The van der Waals surface area contributed by atoms with E-state index < -0.39 is 11.9 Å². The summed E-state index contributed by atoms with van der Waals surface area (Å²) in [5, 5.41) is 29.3. The number of methoxy groups -OCH3 is 2. The maximum Gasteiger partial charge on any atom is 0.347 e. The first-order valence-electron chi connectivity index (χ1n) is 8.90. The number of aromatic hydroxyl groups is 3. The molecular weight excluding hydrogens is 392 g/mol. The van der Waals surface area contributed by atoms with Crippen molar-refractivity contribution in [1.82, 2.24) is 0 Å². The highest BCUT2D eigenvalue weighted by molar-refractivity contribution is 5.78. The Bertz CT molecular complexity index is 1210. The first-order chi connectivity index (χ1) is 14.4. The van der Waals surface area contributed by atoms with Crippen molar-refractivity contribution in [2.45, 2.75) is 6.29 Å². The first-order valence-corrected chi connectivity index (χ1v) is 8.90. The monoisotopic (exact) mass is 410 g/mol. The molecule has 30 heavy (non-hydrogen) atoms. The fraction of sp³-hybridized carbons (Fsp3) is 0.136. The van der Waals surface area contributed by atoms with Crippen LogP contribution in [0.4, 0.5) is 0 Å². The second-order valence-corrected chi connectivity index (χ2v) is 6.55. The van der Waals surface area contributed by atoms with Crippen molar-refractivity contribution in [1.29, 1.82) is 0 Å². The predicted octanol–water partition coefficient (Wildman–Crippen LogP) is 3.64. The first kappa shape index (κ1) is 19.4. The molecule has 2 aromatic carbocycles. The minimum Gasteiger partial charge on any atom is -0.504 e. The van der Waals surface area contributed by atoms with E-state index in [1.807, 2.05) is 0 Å². The van der Waals surface area contributed by atoms with Crippen molar-refractivity contribution in [3.05, 3.63) is 63.7 Å². The zero-order valence-corrected chi connectivity index (χ0v) is 16.1. The van der Waals surface area contributed by atoms with Crippen molar-refractivity contribution in [3.8, 4) is 39.9 Å². The highest BCUT2D eigenvalue weighted by atomic mass is 16.7. The molecule has 1 aliphatic heterocycles. The molecule has 0 saturated carbocycles. The lowest BCUT2D eigenvalue weighted by atomic mass is 9.96. The van der Waals surface area contributed by atoms with Gasteiger partial charge >= 0.3 is 5.63 Å². The summed E-state index contributed by atoms with van der Waals surface area (Å²) in [6.07, 6.45) is 2.38. The van der Waals surface area contributed by atoms with Gasteiger partial charge in [-0.15, -0.1) is 0 Å². The van der Waals surface area contributed by atoms with E-state index >= 15 is 0 Å². The summed E-state index contributed by atoms with van der Waals surface area (Å²) in [4.78, 5) is 12.7. The van der Waals surface area contributed by atoms with Crippen LogP contribution in [0.1, 0.15) is 23.2 Å². The topological polar surface area (TPSA) is 119 Å². The van der Waals surface area contributed by atoms with E-state index in [-0.39, 0.29) is 34.3 Å². The van der Waals surface area contributed by atoms with E-state index in [1.165, 1.54) is 38.5 Å². The smallest absolute Gasteiger partial charge is 0.347 e. The van der Waals surface area contributed by atoms with Crippen LogP contribution in [0.5, 0.6) is 28.7 Å². The van der Waals surface area contributed by atoms with Crippen molar-refractivity contribution in [3.63, 3.8) is 0 Å². The van der Waals surface area contributed by atoms with Gasteiger partial charge in [0.1, 0.15) is 17.1 Å². The molecule has 1 aliphatic rings. The Balaban J connectivity index is 1.76. The molecule has 0 saturated heterocycles. The maximum absolute atomic E-state index is 12.7. The van der Waals surface area contributed by atoms with Gasteiger partial charge in [0.15, 0.2) is 23.0 Å². The molecular formula is C22H18O8. The minimum atomic E-state index is -0.876.